The minimum Gasteiger partial charge on any atom is -0.0620 e. The molecule has 3 aliphatic carbocycles. The molecule has 0 N–H and O–H groups in total. The van der Waals surface area contributed by atoms with E-state index in [1.807, 2.05) is 0 Å². The zero-order valence-corrected chi connectivity index (χ0v) is 17.5. The molecule has 0 aromatic heterocycles. The summed E-state index contributed by atoms with van der Waals surface area (Å²) < 4.78 is 1.48. The maximum Gasteiger partial charge on any atom is -0.00189 e. The molecule has 0 nitrogen and oxygen atoms in total. The van der Waals surface area contributed by atoms with Gasteiger partial charge in [0.2, 0.25) is 0 Å². The quantitative estimate of drug-likeness (QED) is 0.404. The Hall–Kier alpha value is -1.61. The van der Waals surface area contributed by atoms with Gasteiger partial charge >= 0.3 is 0 Å². The summed E-state index contributed by atoms with van der Waals surface area (Å²) in [5.41, 5.74) is 10.5. The number of rotatable bonds is 1. The molecule has 0 bridgehead atoms. The molecule has 1 heteroatoms. The second-order valence-corrected chi connectivity index (χ2v) is 9.73. The second-order valence-electron chi connectivity index (χ2n) is 8.34. The van der Waals surface area contributed by atoms with Gasteiger partial charge in [-0.15, -0.1) is 0 Å². The Bertz CT molecular complexity index is 1000. The largest absolute Gasteiger partial charge is 0.0620 e. The number of fused-ring (bicyclic) bond motifs is 4. The number of hydrogen-bond donors (Lipinski definition) is 0. The van der Waals surface area contributed by atoms with Crippen LogP contribution < -0.4 is 0 Å². The SMILES string of the molecule is CC1(C)c2cc(C3=Cc4ccccc4CC3)ccc2C2=CC=C(I)CC21. The normalized spacial score (nSPS) is 22.6. The first kappa shape index (κ1) is 16.6. The maximum atomic E-state index is 2.50. The zero-order chi connectivity index (χ0) is 17.9. The molecule has 0 heterocycles. The van der Waals surface area contributed by atoms with Crippen LogP contribution in [0, 0.1) is 5.92 Å². The van der Waals surface area contributed by atoms with Crippen LogP contribution in [0.4, 0.5) is 0 Å². The lowest BCUT2D eigenvalue weighted by Gasteiger charge is -2.30. The van der Waals surface area contributed by atoms with Crippen molar-refractivity contribution in [1.29, 1.82) is 0 Å². The minimum atomic E-state index is 0.203. The van der Waals surface area contributed by atoms with Gasteiger partial charge in [-0.2, -0.15) is 0 Å². The highest BCUT2D eigenvalue weighted by Gasteiger charge is 2.43. The third kappa shape index (κ3) is 2.47. The van der Waals surface area contributed by atoms with Crippen molar-refractivity contribution in [3.8, 4) is 0 Å². The van der Waals surface area contributed by atoms with Gasteiger partial charge in [-0.1, -0.05) is 74.5 Å². The van der Waals surface area contributed by atoms with E-state index >= 15 is 0 Å². The average molecular weight is 450 g/mol. The Balaban J connectivity index is 1.60. The molecule has 26 heavy (non-hydrogen) atoms. The number of benzene rings is 2. The molecule has 2 aromatic rings. The molecule has 0 amide bonds. The monoisotopic (exact) mass is 450 g/mol. The average Bonchev–Trinajstić information content (AvgIpc) is 2.88. The van der Waals surface area contributed by atoms with E-state index in [0.29, 0.717) is 5.92 Å². The van der Waals surface area contributed by atoms with Crippen LogP contribution >= 0.6 is 22.6 Å². The summed E-state index contributed by atoms with van der Waals surface area (Å²) in [6, 6.07) is 16.0. The molecule has 0 saturated heterocycles. The fourth-order valence-electron chi connectivity index (χ4n) is 4.97. The molecule has 5 rings (SSSR count). The predicted octanol–water partition coefficient (Wildman–Crippen LogP) is 7.19. The highest BCUT2D eigenvalue weighted by atomic mass is 127. The van der Waals surface area contributed by atoms with Gasteiger partial charge in [0.05, 0.1) is 0 Å². The number of hydrogen-bond acceptors (Lipinski definition) is 0. The van der Waals surface area contributed by atoms with Crippen LogP contribution in [0.3, 0.4) is 0 Å². The fourth-order valence-corrected chi connectivity index (χ4v) is 5.59. The molecule has 0 aliphatic heterocycles. The number of allylic oxidation sites excluding steroid dienone is 5. The Labute approximate surface area is 169 Å². The molecule has 130 valence electrons. The van der Waals surface area contributed by atoms with Crippen molar-refractivity contribution in [3.05, 3.63) is 86.0 Å². The van der Waals surface area contributed by atoms with Gasteiger partial charge < -0.3 is 0 Å². The highest BCUT2D eigenvalue weighted by Crippen LogP contribution is 2.54. The summed E-state index contributed by atoms with van der Waals surface area (Å²) in [6.45, 7) is 4.86. The van der Waals surface area contributed by atoms with Crippen LogP contribution in [0.2, 0.25) is 0 Å². The van der Waals surface area contributed by atoms with E-state index < -0.39 is 0 Å². The van der Waals surface area contributed by atoms with Crippen molar-refractivity contribution >= 4 is 39.8 Å². The molecule has 0 radical (unpaired) electrons. The lowest BCUT2D eigenvalue weighted by Crippen LogP contribution is -2.24. The Morgan fingerprint density at radius 2 is 1.85 bits per heavy atom. The van der Waals surface area contributed by atoms with Crippen LogP contribution in [0.5, 0.6) is 0 Å². The molecular formula is C25H23I. The summed E-state index contributed by atoms with van der Waals surface area (Å²) in [5, 5.41) is 0. The van der Waals surface area contributed by atoms with Crippen LogP contribution in [-0.2, 0) is 11.8 Å². The fraction of sp³-hybridized carbons (Fsp3) is 0.280. The van der Waals surface area contributed by atoms with E-state index in [-0.39, 0.29) is 5.41 Å². The van der Waals surface area contributed by atoms with E-state index in [2.05, 4.69) is 97.1 Å². The van der Waals surface area contributed by atoms with E-state index in [1.165, 1.54) is 43.4 Å². The summed E-state index contributed by atoms with van der Waals surface area (Å²) in [7, 11) is 0. The first-order valence-electron chi connectivity index (χ1n) is 9.54. The highest BCUT2D eigenvalue weighted by molar-refractivity contribution is 14.1. The first-order valence-corrected chi connectivity index (χ1v) is 10.6. The summed E-state index contributed by atoms with van der Waals surface area (Å²) in [4.78, 5) is 0. The summed E-state index contributed by atoms with van der Waals surface area (Å²) >= 11 is 2.50. The standard InChI is InChI=1S/C25H23I/c1-25(2)23-14-19(18-8-7-16-5-3-4-6-17(16)13-18)9-11-21(23)22-12-10-20(26)15-24(22)25/h3-6,9-14,24H,7-8,15H2,1-2H3. The third-order valence-corrected chi connectivity index (χ3v) is 7.33. The smallest absolute Gasteiger partial charge is 0.00189 e. The lowest BCUT2D eigenvalue weighted by atomic mass is 9.74. The van der Waals surface area contributed by atoms with E-state index in [1.54, 1.807) is 5.57 Å². The molecule has 0 fully saturated rings. The van der Waals surface area contributed by atoms with Gasteiger partial charge in [0.25, 0.3) is 0 Å². The van der Waals surface area contributed by atoms with Gasteiger partial charge in [-0.05, 0) is 95.7 Å². The molecular weight excluding hydrogens is 427 g/mol. The van der Waals surface area contributed by atoms with Crippen molar-refractivity contribution in [2.24, 2.45) is 5.92 Å². The Morgan fingerprint density at radius 1 is 1.00 bits per heavy atom. The molecule has 0 spiro atoms. The van der Waals surface area contributed by atoms with Gasteiger partial charge in [0.15, 0.2) is 0 Å². The molecule has 3 aliphatic rings. The minimum absolute atomic E-state index is 0.203. The topological polar surface area (TPSA) is 0 Å². The van der Waals surface area contributed by atoms with Gasteiger partial charge in [-0.25, -0.2) is 0 Å². The van der Waals surface area contributed by atoms with Gasteiger partial charge in [-0.3, -0.25) is 0 Å². The molecule has 1 unspecified atom stereocenters. The van der Waals surface area contributed by atoms with Gasteiger partial charge in [0.1, 0.15) is 0 Å². The van der Waals surface area contributed by atoms with E-state index in [4.69, 9.17) is 0 Å². The van der Waals surface area contributed by atoms with Crippen molar-refractivity contribution in [2.75, 3.05) is 0 Å². The lowest BCUT2D eigenvalue weighted by molar-refractivity contribution is 0.414. The van der Waals surface area contributed by atoms with Crippen molar-refractivity contribution in [1.82, 2.24) is 0 Å². The van der Waals surface area contributed by atoms with Crippen LogP contribution in [0.15, 0.2) is 58.2 Å². The van der Waals surface area contributed by atoms with Gasteiger partial charge in [0, 0.05) is 0 Å². The van der Waals surface area contributed by atoms with Crippen molar-refractivity contribution < 1.29 is 0 Å². The van der Waals surface area contributed by atoms with E-state index in [0.717, 1.165) is 12.8 Å². The summed E-state index contributed by atoms with van der Waals surface area (Å²) in [5.74, 6) is 0.616. The molecule has 2 aromatic carbocycles. The van der Waals surface area contributed by atoms with E-state index in [9.17, 15) is 0 Å². The number of halogens is 1. The Kier molecular flexibility index (Phi) is 3.79. The van der Waals surface area contributed by atoms with Crippen molar-refractivity contribution in [3.63, 3.8) is 0 Å². The zero-order valence-electron chi connectivity index (χ0n) is 15.4. The predicted molar refractivity (Wildman–Crippen MR) is 120 cm³/mol. The second kappa shape index (κ2) is 5.95. The van der Waals surface area contributed by atoms with Crippen molar-refractivity contribution in [2.45, 2.75) is 38.5 Å². The summed E-state index contributed by atoms with van der Waals surface area (Å²) in [6.07, 6.45) is 10.5. The first-order chi connectivity index (χ1) is 12.5. The number of aryl methyl sites for hydroxylation is 1. The maximum absolute atomic E-state index is 2.50. The van der Waals surface area contributed by atoms with Crippen LogP contribution in [0.25, 0.3) is 17.2 Å². The third-order valence-electron chi connectivity index (χ3n) is 6.53. The van der Waals surface area contributed by atoms with Crippen LogP contribution in [-0.4, -0.2) is 0 Å². The molecule has 1 atom stereocenters. The molecule has 0 saturated carbocycles. The van der Waals surface area contributed by atoms with Crippen LogP contribution in [0.1, 0.15) is 54.5 Å². The Morgan fingerprint density at radius 3 is 2.73 bits per heavy atom.